The first-order valence-corrected chi connectivity index (χ1v) is 6.07. The number of carboxylic acids is 2. The van der Waals surface area contributed by atoms with Gasteiger partial charge < -0.3 is 20.8 Å². The number of hydrogen-bond acceptors (Lipinski definition) is 5. The monoisotopic (exact) mass is 276 g/mol. The van der Waals surface area contributed by atoms with Gasteiger partial charge in [0.2, 0.25) is 5.91 Å². The zero-order valence-electron chi connectivity index (χ0n) is 9.21. The Kier molecular flexibility index (Phi) is 4.95. The van der Waals surface area contributed by atoms with Crippen LogP contribution in [0.25, 0.3) is 0 Å². The van der Waals surface area contributed by atoms with Gasteiger partial charge in [-0.3, -0.25) is 14.4 Å². The molecule has 1 aliphatic rings. The Bertz CT molecular complexity index is 385. The summed E-state index contributed by atoms with van der Waals surface area (Å²) in [6.45, 7) is 0. The lowest BCUT2D eigenvalue weighted by atomic mass is 10.1. The molecule has 0 aliphatic carbocycles. The molecule has 18 heavy (non-hydrogen) atoms. The summed E-state index contributed by atoms with van der Waals surface area (Å²) < 4.78 is 0. The number of hydrogen-bond donors (Lipinski definition) is 4. The summed E-state index contributed by atoms with van der Waals surface area (Å²) in [5.41, 5.74) is 0. The molecule has 1 unspecified atom stereocenters. The SMILES string of the molecule is O=C(O)CC[C@H](NC(=O)C1CSC(=O)N1)C(=O)O. The topological polar surface area (TPSA) is 133 Å². The van der Waals surface area contributed by atoms with Gasteiger partial charge in [0.15, 0.2) is 0 Å². The van der Waals surface area contributed by atoms with Crippen molar-refractivity contribution < 1.29 is 29.4 Å². The average molecular weight is 276 g/mol. The molecule has 1 rings (SSSR count). The molecule has 100 valence electrons. The van der Waals surface area contributed by atoms with Gasteiger partial charge >= 0.3 is 11.9 Å². The van der Waals surface area contributed by atoms with E-state index < -0.39 is 29.9 Å². The number of aliphatic carboxylic acids is 2. The predicted molar refractivity (Wildman–Crippen MR) is 61.2 cm³/mol. The summed E-state index contributed by atoms with van der Waals surface area (Å²) in [6.07, 6.45) is -0.562. The van der Waals surface area contributed by atoms with Crippen LogP contribution in [0.3, 0.4) is 0 Å². The zero-order valence-corrected chi connectivity index (χ0v) is 10.0. The normalized spacial score (nSPS) is 20.0. The molecule has 1 aliphatic heterocycles. The summed E-state index contributed by atoms with van der Waals surface area (Å²) in [4.78, 5) is 43.6. The molecule has 2 atom stereocenters. The fraction of sp³-hybridized carbons (Fsp3) is 0.556. The van der Waals surface area contributed by atoms with Crippen molar-refractivity contribution in [2.45, 2.75) is 24.9 Å². The van der Waals surface area contributed by atoms with Crippen LogP contribution in [0, 0.1) is 0 Å². The van der Waals surface area contributed by atoms with E-state index in [9.17, 15) is 19.2 Å². The highest BCUT2D eigenvalue weighted by molar-refractivity contribution is 8.14. The van der Waals surface area contributed by atoms with Crippen molar-refractivity contribution in [2.75, 3.05) is 5.75 Å². The first-order valence-electron chi connectivity index (χ1n) is 5.08. The zero-order chi connectivity index (χ0) is 13.7. The second-order valence-electron chi connectivity index (χ2n) is 3.63. The molecule has 1 heterocycles. The molecule has 0 spiro atoms. The molecule has 0 aromatic heterocycles. The smallest absolute Gasteiger partial charge is 0.326 e. The number of amides is 2. The fourth-order valence-corrected chi connectivity index (χ4v) is 2.10. The van der Waals surface area contributed by atoms with E-state index in [1.807, 2.05) is 0 Å². The van der Waals surface area contributed by atoms with E-state index in [4.69, 9.17) is 10.2 Å². The van der Waals surface area contributed by atoms with Gasteiger partial charge in [-0.15, -0.1) is 0 Å². The quantitative estimate of drug-likeness (QED) is 0.501. The van der Waals surface area contributed by atoms with E-state index in [1.165, 1.54) is 0 Å². The van der Waals surface area contributed by atoms with Gasteiger partial charge in [0.25, 0.3) is 5.24 Å². The Morgan fingerprint density at radius 2 is 2.11 bits per heavy atom. The van der Waals surface area contributed by atoms with Crippen molar-refractivity contribution in [3.8, 4) is 0 Å². The second kappa shape index (κ2) is 6.24. The molecule has 9 heteroatoms. The standard InChI is InChI=1S/C9H12N2O6S/c12-6(13)2-1-4(8(15)16)10-7(14)5-3-18-9(17)11-5/h4-5H,1-3H2,(H,10,14)(H,11,17)(H,12,13)(H,15,16)/t4-,5?/m0/s1. The van der Waals surface area contributed by atoms with Crippen LogP contribution in [0.2, 0.25) is 0 Å². The van der Waals surface area contributed by atoms with E-state index in [2.05, 4.69) is 10.6 Å². The van der Waals surface area contributed by atoms with Crippen molar-refractivity contribution in [2.24, 2.45) is 0 Å². The highest BCUT2D eigenvalue weighted by atomic mass is 32.2. The molecule has 1 saturated heterocycles. The Hall–Kier alpha value is -1.77. The number of carboxylic acid groups (broad SMARTS) is 2. The number of thioether (sulfide) groups is 1. The highest BCUT2D eigenvalue weighted by Gasteiger charge is 2.31. The molecule has 0 radical (unpaired) electrons. The molecule has 0 aromatic carbocycles. The van der Waals surface area contributed by atoms with Crippen molar-refractivity contribution in [3.63, 3.8) is 0 Å². The lowest BCUT2D eigenvalue weighted by Crippen LogP contribution is -2.49. The molecular weight excluding hydrogens is 264 g/mol. The maximum absolute atomic E-state index is 11.6. The number of rotatable bonds is 6. The van der Waals surface area contributed by atoms with Gasteiger partial charge in [0, 0.05) is 12.2 Å². The molecule has 0 aromatic rings. The third kappa shape index (κ3) is 4.24. The number of nitrogens with one attached hydrogen (secondary N) is 2. The van der Waals surface area contributed by atoms with Gasteiger partial charge in [-0.2, -0.15) is 0 Å². The third-order valence-corrected chi connectivity index (χ3v) is 3.13. The molecule has 1 fully saturated rings. The van der Waals surface area contributed by atoms with Crippen molar-refractivity contribution >= 4 is 34.8 Å². The van der Waals surface area contributed by atoms with Gasteiger partial charge in [-0.05, 0) is 6.42 Å². The van der Waals surface area contributed by atoms with Crippen molar-refractivity contribution in [1.29, 1.82) is 0 Å². The molecule has 4 N–H and O–H groups in total. The summed E-state index contributed by atoms with van der Waals surface area (Å²) >= 11 is 0.935. The Labute approximate surface area is 106 Å². The largest absolute Gasteiger partial charge is 0.481 e. The van der Waals surface area contributed by atoms with Crippen molar-refractivity contribution in [3.05, 3.63) is 0 Å². The minimum Gasteiger partial charge on any atom is -0.481 e. The molecule has 2 amide bonds. The van der Waals surface area contributed by atoms with Crippen molar-refractivity contribution in [1.82, 2.24) is 10.6 Å². The summed E-state index contributed by atoms with van der Waals surface area (Å²) in [5.74, 6) is -2.83. The van der Waals surface area contributed by atoms with Crippen LogP contribution in [0.5, 0.6) is 0 Å². The molecule has 8 nitrogen and oxygen atoms in total. The fourth-order valence-electron chi connectivity index (χ4n) is 1.32. The Morgan fingerprint density at radius 3 is 2.56 bits per heavy atom. The van der Waals surface area contributed by atoms with Gasteiger partial charge in [0.1, 0.15) is 12.1 Å². The molecule has 0 bridgehead atoms. The molecular formula is C9H12N2O6S. The minimum absolute atomic E-state index is 0.204. The first kappa shape index (κ1) is 14.3. The van der Waals surface area contributed by atoms with E-state index in [0.717, 1.165) is 11.8 Å². The van der Waals surface area contributed by atoms with E-state index in [1.54, 1.807) is 0 Å². The van der Waals surface area contributed by atoms with E-state index in [-0.39, 0.29) is 23.8 Å². The minimum atomic E-state index is -1.30. The summed E-state index contributed by atoms with van der Waals surface area (Å²) in [5, 5.41) is 21.5. The first-order chi connectivity index (χ1) is 8.40. The van der Waals surface area contributed by atoms with Crippen LogP contribution in [0.15, 0.2) is 0 Å². The summed E-state index contributed by atoms with van der Waals surface area (Å²) in [6, 6.07) is -2.04. The van der Waals surface area contributed by atoms with Gasteiger partial charge in [-0.25, -0.2) is 4.79 Å². The van der Waals surface area contributed by atoms with E-state index >= 15 is 0 Å². The third-order valence-electron chi connectivity index (χ3n) is 2.25. The van der Waals surface area contributed by atoms with Crippen LogP contribution in [-0.4, -0.2) is 51.1 Å². The molecule has 0 saturated carbocycles. The Morgan fingerprint density at radius 1 is 1.44 bits per heavy atom. The maximum Gasteiger partial charge on any atom is 0.326 e. The van der Waals surface area contributed by atoms with Gasteiger partial charge in [0.05, 0.1) is 0 Å². The maximum atomic E-state index is 11.6. The van der Waals surface area contributed by atoms with Crippen LogP contribution in [0.1, 0.15) is 12.8 Å². The van der Waals surface area contributed by atoms with Crippen LogP contribution in [-0.2, 0) is 14.4 Å². The Balaban J connectivity index is 2.49. The van der Waals surface area contributed by atoms with Crippen LogP contribution >= 0.6 is 11.8 Å². The van der Waals surface area contributed by atoms with Gasteiger partial charge in [-0.1, -0.05) is 11.8 Å². The predicted octanol–water partition coefficient (Wildman–Crippen LogP) is -0.754. The lowest BCUT2D eigenvalue weighted by Gasteiger charge is -2.16. The number of carbonyl (C=O) groups is 4. The summed E-state index contributed by atoms with van der Waals surface area (Å²) in [7, 11) is 0. The van der Waals surface area contributed by atoms with E-state index in [0.29, 0.717) is 0 Å². The lowest BCUT2D eigenvalue weighted by molar-refractivity contribution is -0.143. The number of carbonyl (C=O) groups excluding carboxylic acids is 2. The second-order valence-corrected chi connectivity index (χ2v) is 4.62. The highest BCUT2D eigenvalue weighted by Crippen LogP contribution is 2.13. The van der Waals surface area contributed by atoms with Crippen LogP contribution in [0.4, 0.5) is 4.79 Å². The van der Waals surface area contributed by atoms with Crippen LogP contribution < -0.4 is 10.6 Å². The average Bonchev–Trinajstić information content (AvgIpc) is 2.70.